The van der Waals surface area contributed by atoms with E-state index in [2.05, 4.69) is 5.32 Å². The highest BCUT2D eigenvalue weighted by molar-refractivity contribution is 8.15. The molecule has 0 atom stereocenters. The number of carbonyl (C=O) groups is 1. The predicted octanol–water partition coefficient (Wildman–Crippen LogP) is 3.57. The normalized spacial score (nSPS) is 11.4. The standard InChI is InChI=1S/C13H11Cl2NO3S2/c1-8-2-3-9(6-11(8)14)13(17)16-7-10-4-5-12(20-10)21(15,18)19/h2-6H,7H2,1H3,(H,16,17). The van der Waals surface area contributed by atoms with Crippen LogP contribution >= 0.6 is 33.6 Å². The molecule has 0 aliphatic heterocycles. The fourth-order valence-electron chi connectivity index (χ4n) is 1.59. The second kappa shape index (κ2) is 6.36. The summed E-state index contributed by atoms with van der Waals surface area (Å²) in [5, 5.41) is 3.22. The first-order valence-corrected chi connectivity index (χ1v) is 9.35. The molecule has 0 saturated carbocycles. The zero-order valence-electron chi connectivity index (χ0n) is 10.9. The number of hydrogen-bond donors (Lipinski definition) is 1. The third kappa shape index (κ3) is 4.20. The van der Waals surface area contributed by atoms with Gasteiger partial charge in [-0.2, -0.15) is 0 Å². The average Bonchev–Trinajstić information content (AvgIpc) is 2.88. The van der Waals surface area contributed by atoms with Gasteiger partial charge in [0.1, 0.15) is 4.21 Å². The topological polar surface area (TPSA) is 63.2 Å². The van der Waals surface area contributed by atoms with Gasteiger partial charge in [0.15, 0.2) is 0 Å². The number of amides is 1. The summed E-state index contributed by atoms with van der Waals surface area (Å²) in [5.41, 5.74) is 1.34. The molecule has 1 amide bonds. The lowest BCUT2D eigenvalue weighted by molar-refractivity contribution is 0.0951. The fraction of sp³-hybridized carbons (Fsp3) is 0.154. The molecule has 2 rings (SSSR count). The zero-order chi connectivity index (χ0) is 15.6. The molecule has 21 heavy (non-hydrogen) atoms. The van der Waals surface area contributed by atoms with E-state index < -0.39 is 9.05 Å². The number of rotatable bonds is 4. The largest absolute Gasteiger partial charge is 0.347 e. The van der Waals surface area contributed by atoms with E-state index in [-0.39, 0.29) is 16.7 Å². The number of halogens is 2. The minimum atomic E-state index is -3.72. The van der Waals surface area contributed by atoms with Crippen molar-refractivity contribution in [3.63, 3.8) is 0 Å². The molecule has 1 aromatic heterocycles. The van der Waals surface area contributed by atoms with Crippen molar-refractivity contribution < 1.29 is 13.2 Å². The molecular weight excluding hydrogens is 353 g/mol. The first-order chi connectivity index (χ1) is 9.77. The maximum absolute atomic E-state index is 12.0. The Morgan fingerprint density at radius 1 is 1.29 bits per heavy atom. The van der Waals surface area contributed by atoms with Crippen molar-refractivity contribution in [1.82, 2.24) is 5.32 Å². The molecule has 1 aromatic carbocycles. The van der Waals surface area contributed by atoms with E-state index in [9.17, 15) is 13.2 Å². The van der Waals surface area contributed by atoms with Gasteiger partial charge in [0.25, 0.3) is 15.0 Å². The molecule has 0 aliphatic rings. The van der Waals surface area contributed by atoms with Crippen molar-refractivity contribution in [2.24, 2.45) is 0 Å². The van der Waals surface area contributed by atoms with E-state index in [4.69, 9.17) is 22.3 Å². The minimum absolute atomic E-state index is 0.0618. The summed E-state index contributed by atoms with van der Waals surface area (Å²) in [6.07, 6.45) is 0. The maximum atomic E-state index is 12.0. The van der Waals surface area contributed by atoms with Crippen molar-refractivity contribution in [2.75, 3.05) is 0 Å². The number of nitrogens with one attached hydrogen (secondary N) is 1. The molecule has 0 bridgehead atoms. The van der Waals surface area contributed by atoms with Crippen LogP contribution in [0.3, 0.4) is 0 Å². The van der Waals surface area contributed by atoms with Crippen molar-refractivity contribution in [1.29, 1.82) is 0 Å². The van der Waals surface area contributed by atoms with Gasteiger partial charge in [-0.3, -0.25) is 4.79 Å². The van der Waals surface area contributed by atoms with Crippen molar-refractivity contribution in [2.45, 2.75) is 17.7 Å². The van der Waals surface area contributed by atoms with E-state index >= 15 is 0 Å². The summed E-state index contributed by atoms with van der Waals surface area (Å²) < 4.78 is 22.4. The predicted molar refractivity (Wildman–Crippen MR) is 84.7 cm³/mol. The highest BCUT2D eigenvalue weighted by Gasteiger charge is 2.14. The first-order valence-electron chi connectivity index (χ1n) is 5.85. The van der Waals surface area contributed by atoms with E-state index in [1.807, 2.05) is 6.92 Å². The van der Waals surface area contributed by atoms with Crippen LogP contribution in [0.1, 0.15) is 20.8 Å². The monoisotopic (exact) mass is 363 g/mol. The molecule has 0 radical (unpaired) electrons. The third-order valence-electron chi connectivity index (χ3n) is 2.73. The molecule has 2 aromatic rings. The number of aryl methyl sites for hydroxylation is 1. The summed E-state index contributed by atoms with van der Waals surface area (Å²) >= 11 is 6.99. The van der Waals surface area contributed by atoms with Gasteiger partial charge >= 0.3 is 0 Å². The lowest BCUT2D eigenvalue weighted by Crippen LogP contribution is -2.22. The van der Waals surface area contributed by atoms with Crippen molar-refractivity contribution in [3.8, 4) is 0 Å². The van der Waals surface area contributed by atoms with Crippen molar-refractivity contribution in [3.05, 3.63) is 51.4 Å². The fourth-order valence-corrected chi connectivity index (χ4v) is 3.83. The Morgan fingerprint density at radius 2 is 2.00 bits per heavy atom. The van der Waals surface area contributed by atoms with Crippen LogP contribution in [0.25, 0.3) is 0 Å². The molecule has 0 fully saturated rings. The third-order valence-corrected chi connectivity index (χ3v) is 6.32. The van der Waals surface area contributed by atoms with Crippen LogP contribution in [0, 0.1) is 6.92 Å². The second-order valence-corrected chi connectivity index (χ2v) is 8.67. The summed E-state index contributed by atoms with van der Waals surface area (Å²) in [6.45, 7) is 2.07. The molecule has 0 aliphatic carbocycles. The Balaban J connectivity index is 2.04. The SMILES string of the molecule is Cc1ccc(C(=O)NCc2ccc(S(=O)(=O)Cl)s2)cc1Cl. The number of carbonyl (C=O) groups excluding carboxylic acids is 1. The van der Waals surface area contributed by atoms with Crippen LogP contribution in [0.15, 0.2) is 34.5 Å². The summed E-state index contributed by atoms with van der Waals surface area (Å²) in [7, 11) is 1.52. The van der Waals surface area contributed by atoms with E-state index in [0.717, 1.165) is 16.9 Å². The lowest BCUT2D eigenvalue weighted by atomic mass is 10.1. The van der Waals surface area contributed by atoms with Crippen LogP contribution < -0.4 is 5.32 Å². The molecule has 112 valence electrons. The van der Waals surface area contributed by atoms with Crippen LogP contribution in [0.5, 0.6) is 0 Å². The molecule has 1 N–H and O–H groups in total. The molecule has 1 heterocycles. The van der Waals surface area contributed by atoms with Crippen molar-refractivity contribution >= 4 is 48.6 Å². The summed E-state index contributed by atoms with van der Waals surface area (Å²) in [6, 6.07) is 8.06. The Labute approximate surface area is 136 Å². The van der Waals surface area contributed by atoms with Crippen LogP contribution in [-0.2, 0) is 15.6 Å². The summed E-state index contributed by atoms with van der Waals surface area (Å²) in [4.78, 5) is 12.7. The molecule has 8 heteroatoms. The first kappa shape index (κ1) is 16.3. The van der Waals surface area contributed by atoms with E-state index in [1.54, 1.807) is 24.3 Å². The Hall–Kier alpha value is -1.08. The average molecular weight is 364 g/mol. The number of hydrogen-bond acceptors (Lipinski definition) is 4. The van der Waals surface area contributed by atoms with Gasteiger partial charge in [0, 0.05) is 26.1 Å². The Morgan fingerprint density at radius 3 is 2.57 bits per heavy atom. The highest BCUT2D eigenvalue weighted by Crippen LogP contribution is 2.24. The highest BCUT2D eigenvalue weighted by atomic mass is 35.7. The number of thiophene rings is 1. The summed E-state index contributed by atoms with van der Waals surface area (Å²) in [5.74, 6) is -0.277. The Bertz CT molecular complexity index is 784. The maximum Gasteiger partial charge on any atom is 0.270 e. The van der Waals surface area contributed by atoms with Gasteiger partial charge in [-0.1, -0.05) is 17.7 Å². The lowest BCUT2D eigenvalue weighted by Gasteiger charge is -2.05. The molecule has 0 saturated heterocycles. The minimum Gasteiger partial charge on any atom is -0.347 e. The smallest absolute Gasteiger partial charge is 0.270 e. The number of benzene rings is 1. The van der Waals surface area contributed by atoms with E-state index in [1.165, 1.54) is 6.07 Å². The van der Waals surface area contributed by atoms with Gasteiger partial charge in [-0.25, -0.2) is 8.42 Å². The quantitative estimate of drug-likeness (QED) is 0.844. The van der Waals surface area contributed by atoms with Crippen LogP contribution in [0.4, 0.5) is 0 Å². The molecule has 0 unspecified atom stereocenters. The van der Waals surface area contributed by atoms with Crippen LogP contribution in [0.2, 0.25) is 5.02 Å². The zero-order valence-corrected chi connectivity index (χ0v) is 14.0. The molecular formula is C13H11Cl2NO3S2. The van der Waals surface area contributed by atoms with Gasteiger partial charge in [0.2, 0.25) is 0 Å². The van der Waals surface area contributed by atoms with Gasteiger partial charge in [0.05, 0.1) is 6.54 Å². The molecule has 4 nitrogen and oxygen atoms in total. The van der Waals surface area contributed by atoms with Gasteiger partial charge in [-0.15, -0.1) is 11.3 Å². The van der Waals surface area contributed by atoms with Gasteiger partial charge < -0.3 is 5.32 Å². The molecule has 0 spiro atoms. The Kier molecular flexibility index (Phi) is 4.93. The second-order valence-electron chi connectivity index (χ2n) is 4.31. The van der Waals surface area contributed by atoms with Gasteiger partial charge in [-0.05, 0) is 36.8 Å². The van der Waals surface area contributed by atoms with Crippen LogP contribution in [-0.4, -0.2) is 14.3 Å². The van der Waals surface area contributed by atoms with E-state index in [0.29, 0.717) is 15.5 Å².